The van der Waals surface area contributed by atoms with Crippen LogP contribution in [0.25, 0.3) is 10.8 Å². The maximum atomic E-state index is 11.8. The highest BCUT2D eigenvalue weighted by atomic mass is 32.2. The first-order valence-corrected chi connectivity index (χ1v) is 6.47. The Morgan fingerprint density at radius 2 is 1.67 bits per heavy atom. The summed E-state index contributed by atoms with van der Waals surface area (Å²) >= 11 is 0. The van der Waals surface area contributed by atoms with Crippen molar-refractivity contribution in [3.63, 3.8) is 0 Å². The van der Waals surface area contributed by atoms with Crippen molar-refractivity contribution < 1.29 is 22.6 Å². The fourth-order valence-electron chi connectivity index (χ4n) is 2.23. The highest BCUT2D eigenvalue weighted by Gasteiger charge is 2.35. The third-order valence-corrected chi connectivity index (χ3v) is 3.86. The number of carbonyl (C=O) groups is 2. The summed E-state index contributed by atoms with van der Waals surface area (Å²) in [5.74, 6) is -1.64. The Balaban J connectivity index is 2.60. The number of ketones is 2. The second-order valence-corrected chi connectivity index (χ2v) is 5.37. The minimum absolute atomic E-state index is 0.179. The first-order chi connectivity index (χ1) is 8.41. The molecule has 2 aromatic carbocycles. The van der Waals surface area contributed by atoms with E-state index in [1.807, 2.05) is 0 Å². The molecule has 90 valence electrons. The van der Waals surface area contributed by atoms with Gasteiger partial charge in [-0.05, 0) is 11.5 Å². The Bertz CT molecular complexity index is 833. The van der Waals surface area contributed by atoms with E-state index in [0.29, 0.717) is 10.8 Å². The number of Topliss-reactive ketones (excluding diaryl/α,β-unsaturated/α-hetero) is 2. The van der Waals surface area contributed by atoms with Gasteiger partial charge >= 0.3 is 0 Å². The zero-order valence-corrected chi connectivity index (χ0v) is 9.69. The van der Waals surface area contributed by atoms with Gasteiger partial charge in [0.15, 0.2) is 0 Å². The second-order valence-electron chi connectivity index (χ2n) is 3.98. The van der Waals surface area contributed by atoms with Crippen LogP contribution in [0.4, 0.5) is 0 Å². The van der Waals surface area contributed by atoms with Gasteiger partial charge in [0.2, 0.25) is 11.6 Å². The van der Waals surface area contributed by atoms with Gasteiger partial charge in [-0.1, -0.05) is 24.3 Å². The van der Waals surface area contributed by atoms with Crippen molar-refractivity contribution in [2.75, 3.05) is 0 Å². The largest absolute Gasteiger partial charge is 0.295 e. The zero-order valence-electron chi connectivity index (χ0n) is 8.88. The topological polar surface area (TPSA) is 88.5 Å². The Kier molecular flexibility index (Phi) is 1.99. The monoisotopic (exact) mass is 262 g/mol. The van der Waals surface area contributed by atoms with E-state index in [1.54, 1.807) is 12.1 Å². The quantitative estimate of drug-likeness (QED) is 0.621. The fourth-order valence-corrected chi connectivity index (χ4v) is 2.92. The van der Waals surface area contributed by atoms with Crippen LogP contribution in [0.5, 0.6) is 0 Å². The number of hydrogen-bond acceptors (Lipinski definition) is 4. The molecule has 0 spiro atoms. The summed E-state index contributed by atoms with van der Waals surface area (Å²) in [5, 5.41) is 0.886. The van der Waals surface area contributed by atoms with E-state index < -0.39 is 26.6 Å². The molecule has 0 saturated carbocycles. The number of hydrogen-bond donors (Lipinski definition) is 1. The summed E-state index contributed by atoms with van der Waals surface area (Å²) in [4.78, 5) is 23.0. The van der Waals surface area contributed by atoms with E-state index in [1.165, 1.54) is 12.1 Å². The fraction of sp³-hybridized carbons (Fsp3) is 0. The zero-order chi connectivity index (χ0) is 13.1. The van der Waals surface area contributed by atoms with E-state index in [2.05, 4.69) is 0 Å². The SMILES string of the molecule is O=C1C(=O)c2c(S(=O)(=O)O)ccc3cccc1c23. The van der Waals surface area contributed by atoms with Crippen LogP contribution in [-0.2, 0) is 10.1 Å². The molecule has 5 nitrogen and oxygen atoms in total. The van der Waals surface area contributed by atoms with Gasteiger partial charge in [0, 0.05) is 10.9 Å². The molecule has 0 fully saturated rings. The first kappa shape index (κ1) is 11.1. The molecule has 18 heavy (non-hydrogen) atoms. The molecule has 0 aromatic heterocycles. The normalized spacial score (nSPS) is 14.5. The number of carbonyl (C=O) groups excluding carboxylic acids is 2. The van der Waals surface area contributed by atoms with Gasteiger partial charge in [-0.3, -0.25) is 14.1 Å². The summed E-state index contributed by atoms with van der Waals surface area (Å²) < 4.78 is 31.5. The minimum atomic E-state index is -4.53. The average Bonchev–Trinajstić information content (AvgIpc) is 2.56. The minimum Gasteiger partial charge on any atom is -0.285 e. The molecule has 0 aliphatic heterocycles. The molecule has 3 rings (SSSR count). The second kappa shape index (κ2) is 3.24. The van der Waals surface area contributed by atoms with Crippen molar-refractivity contribution in [2.45, 2.75) is 4.90 Å². The van der Waals surface area contributed by atoms with Gasteiger partial charge < -0.3 is 0 Å². The molecule has 0 radical (unpaired) electrons. The van der Waals surface area contributed by atoms with Crippen LogP contribution in [0.2, 0.25) is 0 Å². The van der Waals surface area contributed by atoms with Crippen molar-refractivity contribution in [2.24, 2.45) is 0 Å². The van der Waals surface area contributed by atoms with Crippen LogP contribution in [0.1, 0.15) is 20.7 Å². The van der Waals surface area contributed by atoms with Gasteiger partial charge in [-0.2, -0.15) is 8.42 Å². The van der Waals surface area contributed by atoms with Gasteiger partial charge in [0.05, 0.1) is 5.56 Å². The van der Waals surface area contributed by atoms with Gasteiger partial charge in [-0.15, -0.1) is 0 Å². The van der Waals surface area contributed by atoms with Crippen molar-refractivity contribution >= 4 is 32.5 Å². The summed E-state index contributed by atoms with van der Waals surface area (Å²) in [6, 6.07) is 7.34. The molecule has 0 atom stereocenters. The molecule has 0 bridgehead atoms. The standard InChI is InChI=1S/C12H6O5S/c13-11-7-3-1-2-6-4-5-8(18(15,16)17)10(9(6)7)12(11)14/h1-5H,(H,15,16,17). The molecular formula is C12H6O5S. The van der Waals surface area contributed by atoms with E-state index in [-0.39, 0.29) is 11.1 Å². The van der Waals surface area contributed by atoms with Crippen LogP contribution in [0.15, 0.2) is 35.2 Å². The molecule has 0 saturated heterocycles. The maximum absolute atomic E-state index is 11.8. The lowest BCUT2D eigenvalue weighted by Gasteiger charge is -2.04. The van der Waals surface area contributed by atoms with Gasteiger partial charge in [0.1, 0.15) is 4.90 Å². The molecule has 1 aliphatic rings. The van der Waals surface area contributed by atoms with Crippen LogP contribution < -0.4 is 0 Å². The Hall–Kier alpha value is -2.05. The summed E-state index contributed by atoms with van der Waals surface area (Å²) in [7, 11) is -4.53. The van der Waals surface area contributed by atoms with Crippen molar-refractivity contribution in [3.8, 4) is 0 Å². The molecule has 0 heterocycles. The molecule has 1 aliphatic carbocycles. The maximum Gasteiger partial charge on any atom is 0.295 e. The van der Waals surface area contributed by atoms with Crippen LogP contribution >= 0.6 is 0 Å². The Morgan fingerprint density at radius 1 is 0.944 bits per heavy atom. The van der Waals surface area contributed by atoms with Crippen LogP contribution in [-0.4, -0.2) is 24.5 Å². The van der Waals surface area contributed by atoms with E-state index in [4.69, 9.17) is 4.55 Å². The molecular weight excluding hydrogens is 256 g/mol. The summed E-state index contributed by atoms with van der Waals surface area (Å²) in [5.41, 5.74) is -0.0476. The Morgan fingerprint density at radius 3 is 2.33 bits per heavy atom. The lowest BCUT2D eigenvalue weighted by atomic mass is 10.1. The lowest BCUT2D eigenvalue weighted by Crippen LogP contribution is -2.11. The van der Waals surface area contributed by atoms with Crippen LogP contribution in [0, 0.1) is 0 Å². The number of rotatable bonds is 1. The smallest absolute Gasteiger partial charge is 0.285 e. The molecule has 2 aromatic rings. The van der Waals surface area contributed by atoms with Crippen molar-refractivity contribution in [3.05, 3.63) is 41.5 Å². The Labute approximate surface area is 102 Å². The third kappa shape index (κ3) is 1.27. The molecule has 0 amide bonds. The van der Waals surface area contributed by atoms with Crippen molar-refractivity contribution in [1.82, 2.24) is 0 Å². The van der Waals surface area contributed by atoms with E-state index in [0.717, 1.165) is 6.07 Å². The van der Waals surface area contributed by atoms with Crippen molar-refractivity contribution in [1.29, 1.82) is 0 Å². The van der Waals surface area contributed by atoms with E-state index >= 15 is 0 Å². The van der Waals surface area contributed by atoms with Gasteiger partial charge in [-0.25, -0.2) is 0 Å². The molecule has 0 unspecified atom stereocenters. The van der Waals surface area contributed by atoms with Gasteiger partial charge in [0.25, 0.3) is 10.1 Å². The molecule has 1 N–H and O–H groups in total. The average molecular weight is 262 g/mol. The third-order valence-electron chi connectivity index (χ3n) is 2.96. The number of benzene rings is 2. The summed E-state index contributed by atoms with van der Waals surface area (Å²) in [6.45, 7) is 0. The first-order valence-electron chi connectivity index (χ1n) is 5.03. The molecule has 6 heteroatoms. The van der Waals surface area contributed by atoms with E-state index in [9.17, 15) is 18.0 Å². The predicted molar refractivity (Wildman–Crippen MR) is 62.4 cm³/mol. The summed E-state index contributed by atoms with van der Waals surface area (Å²) in [6.07, 6.45) is 0. The predicted octanol–water partition coefficient (Wildman–Crippen LogP) is 1.47. The highest BCUT2D eigenvalue weighted by Crippen LogP contribution is 2.34. The van der Waals surface area contributed by atoms with Crippen LogP contribution in [0.3, 0.4) is 0 Å². The lowest BCUT2D eigenvalue weighted by molar-refractivity contribution is 0.0823. The highest BCUT2D eigenvalue weighted by molar-refractivity contribution is 7.86.